The molecule has 0 bridgehead atoms. The normalized spacial score (nSPS) is 10.7. The lowest BCUT2D eigenvalue weighted by atomic mass is 10.2. The van der Waals surface area contributed by atoms with Gasteiger partial charge in [-0.3, -0.25) is 4.79 Å². The molecule has 7 heteroatoms. The van der Waals surface area contributed by atoms with Crippen molar-refractivity contribution in [3.05, 3.63) is 84.2 Å². The van der Waals surface area contributed by atoms with E-state index in [1.54, 1.807) is 26.4 Å². The lowest BCUT2D eigenvalue weighted by Gasteiger charge is -2.12. The van der Waals surface area contributed by atoms with E-state index in [2.05, 4.69) is 9.88 Å². The van der Waals surface area contributed by atoms with Crippen LogP contribution in [-0.2, 0) is 13.1 Å². The van der Waals surface area contributed by atoms with Crippen molar-refractivity contribution >= 4 is 16.9 Å². The van der Waals surface area contributed by atoms with E-state index in [0.29, 0.717) is 24.5 Å². The maximum Gasteiger partial charge on any atom is 0.255 e. The molecule has 1 heterocycles. The Balaban J connectivity index is 1.42. The molecule has 0 spiro atoms. The summed E-state index contributed by atoms with van der Waals surface area (Å²) < 4.78 is 18.5. The lowest BCUT2D eigenvalue weighted by Crippen LogP contribution is -2.25. The van der Waals surface area contributed by atoms with Crippen LogP contribution >= 0.6 is 0 Å². The molecule has 7 nitrogen and oxygen atoms in total. The Morgan fingerprint density at radius 1 is 0.909 bits per heavy atom. The smallest absolute Gasteiger partial charge is 0.255 e. The summed E-state index contributed by atoms with van der Waals surface area (Å²) in [5.41, 5.74) is 2.43. The summed E-state index contributed by atoms with van der Waals surface area (Å²) in [4.78, 5) is 17.5. The standard InChI is InChI=1S/C26H27N3O4/c1-31-19-12-14-20(15-13-19)33-17-7-16-29-23-10-5-4-9-22(23)28-25(29)18-27-26(30)21-8-3-6-11-24(21)32-2/h3-6,8-15H,7,16-18H2,1-2H3,(H,27,30). The van der Waals surface area contributed by atoms with Gasteiger partial charge >= 0.3 is 0 Å². The van der Waals surface area contributed by atoms with Crippen LogP contribution in [0.3, 0.4) is 0 Å². The Kier molecular flexibility index (Phi) is 7.09. The van der Waals surface area contributed by atoms with Crippen molar-refractivity contribution in [2.45, 2.75) is 19.5 Å². The number of ether oxygens (including phenoxy) is 3. The fourth-order valence-electron chi connectivity index (χ4n) is 3.68. The van der Waals surface area contributed by atoms with E-state index in [4.69, 9.17) is 19.2 Å². The summed E-state index contributed by atoms with van der Waals surface area (Å²) in [6.07, 6.45) is 0.792. The second-order valence-electron chi connectivity index (χ2n) is 7.43. The molecule has 0 aliphatic rings. The number of aryl methyl sites for hydroxylation is 1. The van der Waals surface area contributed by atoms with Crippen LogP contribution in [0.25, 0.3) is 11.0 Å². The van der Waals surface area contributed by atoms with Gasteiger partial charge in [0, 0.05) is 6.54 Å². The van der Waals surface area contributed by atoms with Crippen molar-refractivity contribution in [3.8, 4) is 17.2 Å². The highest BCUT2D eigenvalue weighted by Crippen LogP contribution is 2.20. The Bertz CT molecular complexity index is 1220. The van der Waals surface area contributed by atoms with Gasteiger partial charge in [-0.15, -0.1) is 0 Å². The first kappa shape index (κ1) is 22.2. The quantitative estimate of drug-likeness (QED) is 0.365. The van der Waals surface area contributed by atoms with Gasteiger partial charge in [-0.05, 0) is 55.0 Å². The minimum atomic E-state index is -0.200. The van der Waals surface area contributed by atoms with Gasteiger partial charge in [0.15, 0.2) is 0 Å². The molecule has 1 aromatic heterocycles. The molecule has 4 rings (SSSR count). The summed E-state index contributed by atoms with van der Waals surface area (Å²) in [7, 11) is 3.20. The van der Waals surface area contributed by atoms with Crippen LogP contribution in [0.5, 0.6) is 17.2 Å². The van der Waals surface area contributed by atoms with Gasteiger partial charge < -0.3 is 24.1 Å². The van der Waals surface area contributed by atoms with Gasteiger partial charge in [-0.25, -0.2) is 4.98 Å². The summed E-state index contributed by atoms with van der Waals surface area (Å²) in [6, 6.07) is 22.7. The molecule has 0 atom stereocenters. The third kappa shape index (κ3) is 5.26. The average Bonchev–Trinajstić information content (AvgIpc) is 3.22. The first-order valence-electron chi connectivity index (χ1n) is 10.8. The maximum absolute atomic E-state index is 12.7. The number of carbonyl (C=O) groups is 1. The molecule has 4 aromatic rings. The Hall–Kier alpha value is -4.00. The second-order valence-corrected chi connectivity index (χ2v) is 7.43. The number of hydrogen-bond acceptors (Lipinski definition) is 5. The highest BCUT2D eigenvalue weighted by molar-refractivity contribution is 5.96. The van der Waals surface area contributed by atoms with Crippen LogP contribution in [0.15, 0.2) is 72.8 Å². The number of amides is 1. The zero-order chi connectivity index (χ0) is 23.0. The van der Waals surface area contributed by atoms with Crippen molar-refractivity contribution in [1.29, 1.82) is 0 Å². The number of para-hydroxylation sites is 3. The predicted molar refractivity (Wildman–Crippen MR) is 127 cm³/mol. The van der Waals surface area contributed by atoms with Crippen LogP contribution in [0.4, 0.5) is 0 Å². The number of methoxy groups -OCH3 is 2. The molecule has 0 aliphatic heterocycles. The number of carbonyl (C=O) groups excluding carboxylic acids is 1. The molecule has 0 unspecified atom stereocenters. The molecule has 1 amide bonds. The Morgan fingerprint density at radius 3 is 2.42 bits per heavy atom. The second kappa shape index (κ2) is 10.5. The van der Waals surface area contributed by atoms with E-state index < -0.39 is 0 Å². The maximum atomic E-state index is 12.7. The Morgan fingerprint density at radius 2 is 1.64 bits per heavy atom. The first-order chi connectivity index (χ1) is 16.2. The zero-order valence-electron chi connectivity index (χ0n) is 18.8. The fourth-order valence-corrected chi connectivity index (χ4v) is 3.68. The summed E-state index contributed by atoms with van der Waals surface area (Å²) in [6.45, 7) is 1.59. The molecule has 1 N–H and O–H groups in total. The van der Waals surface area contributed by atoms with Gasteiger partial charge in [0.25, 0.3) is 5.91 Å². The summed E-state index contributed by atoms with van der Waals surface area (Å²) >= 11 is 0. The molecule has 33 heavy (non-hydrogen) atoms. The number of aromatic nitrogens is 2. The van der Waals surface area contributed by atoms with E-state index in [9.17, 15) is 4.79 Å². The lowest BCUT2D eigenvalue weighted by molar-refractivity contribution is 0.0946. The number of nitrogens with zero attached hydrogens (tertiary/aromatic N) is 2. The number of fused-ring (bicyclic) bond motifs is 1. The van der Waals surface area contributed by atoms with E-state index in [0.717, 1.165) is 41.3 Å². The Labute approximate surface area is 192 Å². The van der Waals surface area contributed by atoms with Gasteiger partial charge in [0.05, 0.1) is 44.0 Å². The van der Waals surface area contributed by atoms with Crippen molar-refractivity contribution in [2.75, 3.05) is 20.8 Å². The highest BCUT2D eigenvalue weighted by Gasteiger charge is 2.14. The van der Waals surface area contributed by atoms with E-state index in [1.807, 2.05) is 60.7 Å². The molecule has 0 fully saturated rings. The molecular weight excluding hydrogens is 418 g/mol. The monoisotopic (exact) mass is 445 g/mol. The topological polar surface area (TPSA) is 74.6 Å². The number of rotatable bonds is 10. The zero-order valence-corrected chi connectivity index (χ0v) is 18.8. The molecular formula is C26H27N3O4. The van der Waals surface area contributed by atoms with Gasteiger partial charge in [0.2, 0.25) is 0 Å². The molecule has 170 valence electrons. The van der Waals surface area contributed by atoms with Crippen molar-refractivity contribution < 1.29 is 19.0 Å². The number of hydrogen-bond donors (Lipinski definition) is 1. The van der Waals surface area contributed by atoms with Crippen LogP contribution in [-0.4, -0.2) is 36.3 Å². The first-order valence-corrected chi connectivity index (χ1v) is 10.8. The van der Waals surface area contributed by atoms with Crippen LogP contribution < -0.4 is 19.5 Å². The summed E-state index contributed by atoms with van der Waals surface area (Å²) in [5, 5.41) is 2.97. The third-order valence-electron chi connectivity index (χ3n) is 5.35. The highest BCUT2D eigenvalue weighted by atomic mass is 16.5. The predicted octanol–water partition coefficient (Wildman–Crippen LogP) is 4.45. The molecule has 3 aromatic carbocycles. The van der Waals surface area contributed by atoms with E-state index in [1.165, 1.54) is 0 Å². The molecule has 0 radical (unpaired) electrons. The van der Waals surface area contributed by atoms with Gasteiger partial charge in [-0.1, -0.05) is 24.3 Å². The number of nitrogens with one attached hydrogen (secondary N) is 1. The van der Waals surface area contributed by atoms with Gasteiger partial charge in [0.1, 0.15) is 23.1 Å². The number of imidazole rings is 1. The molecule has 0 saturated carbocycles. The van der Waals surface area contributed by atoms with Gasteiger partial charge in [-0.2, -0.15) is 0 Å². The van der Waals surface area contributed by atoms with Crippen molar-refractivity contribution in [3.63, 3.8) is 0 Å². The average molecular weight is 446 g/mol. The molecule has 0 aliphatic carbocycles. The largest absolute Gasteiger partial charge is 0.497 e. The third-order valence-corrected chi connectivity index (χ3v) is 5.35. The van der Waals surface area contributed by atoms with E-state index >= 15 is 0 Å². The molecule has 0 saturated heterocycles. The van der Waals surface area contributed by atoms with Crippen LogP contribution in [0, 0.1) is 0 Å². The van der Waals surface area contributed by atoms with Crippen LogP contribution in [0.2, 0.25) is 0 Å². The fraction of sp³-hybridized carbons (Fsp3) is 0.231. The minimum Gasteiger partial charge on any atom is -0.497 e. The SMILES string of the molecule is COc1ccc(OCCCn2c(CNC(=O)c3ccccc3OC)nc3ccccc32)cc1. The summed E-state index contributed by atoms with van der Waals surface area (Å²) in [5.74, 6) is 2.74. The van der Waals surface area contributed by atoms with Crippen LogP contribution in [0.1, 0.15) is 22.6 Å². The number of benzene rings is 3. The van der Waals surface area contributed by atoms with Crippen molar-refractivity contribution in [1.82, 2.24) is 14.9 Å². The van der Waals surface area contributed by atoms with Crippen molar-refractivity contribution in [2.24, 2.45) is 0 Å². The minimum absolute atomic E-state index is 0.200. The van der Waals surface area contributed by atoms with E-state index in [-0.39, 0.29) is 5.91 Å².